The van der Waals surface area contributed by atoms with Crippen LogP contribution in [0, 0.1) is 5.92 Å². The van der Waals surface area contributed by atoms with Crippen LogP contribution in [0.2, 0.25) is 10.0 Å². The second-order valence-corrected chi connectivity index (χ2v) is 6.57. The van der Waals surface area contributed by atoms with E-state index in [1.54, 1.807) is 18.2 Å². The first-order valence-corrected chi connectivity index (χ1v) is 7.87. The summed E-state index contributed by atoms with van der Waals surface area (Å²) < 4.78 is 0. The summed E-state index contributed by atoms with van der Waals surface area (Å²) >= 11 is 11.8. The Hall–Kier alpha value is -0.970. The molecule has 0 atom stereocenters. The van der Waals surface area contributed by atoms with Crippen molar-refractivity contribution in [3.8, 4) is 0 Å². The minimum atomic E-state index is -0.0725. The molecule has 0 saturated carbocycles. The molecule has 116 valence electrons. The third-order valence-electron chi connectivity index (χ3n) is 3.70. The molecular formula is C15H21Cl2N3O. The maximum absolute atomic E-state index is 12.2. The fourth-order valence-electron chi connectivity index (χ4n) is 2.61. The predicted octanol–water partition coefficient (Wildman–Crippen LogP) is 3.80. The number of hydrogen-bond donors (Lipinski definition) is 1. The molecule has 1 aliphatic rings. The Balaban J connectivity index is 1.86. The topological polar surface area (TPSA) is 35.6 Å². The zero-order valence-electron chi connectivity index (χ0n) is 12.4. The summed E-state index contributed by atoms with van der Waals surface area (Å²) in [6.07, 6.45) is 2.10. The van der Waals surface area contributed by atoms with Gasteiger partial charge in [0.2, 0.25) is 0 Å². The van der Waals surface area contributed by atoms with Gasteiger partial charge in [0.1, 0.15) is 0 Å². The molecule has 1 aromatic carbocycles. The molecule has 6 heteroatoms. The van der Waals surface area contributed by atoms with E-state index >= 15 is 0 Å². The van der Waals surface area contributed by atoms with E-state index in [1.807, 2.05) is 4.90 Å². The Bertz CT molecular complexity index is 500. The Morgan fingerprint density at radius 3 is 2.52 bits per heavy atom. The van der Waals surface area contributed by atoms with E-state index in [1.165, 1.54) is 0 Å². The lowest BCUT2D eigenvalue weighted by Gasteiger charge is -2.33. The highest BCUT2D eigenvalue weighted by atomic mass is 35.5. The normalized spacial score (nSPS) is 16.3. The van der Waals surface area contributed by atoms with E-state index < -0.39 is 0 Å². The first-order chi connectivity index (χ1) is 9.95. The van der Waals surface area contributed by atoms with Gasteiger partial charge in [-0.15, -0.1) is 0 Å². The molecule has 1 N–H and O–H groups in total. The number of amides is 2. The molecule has 1 saturated heterocycles. The quantitative estimate of drug-likeness (QED) is 0.915. The van der Waals surface area contributed by atoms with Crippen molar-refractivity contribution in [2.75, 3.05) is 39.0 Å². The van der Waals surface area contributed by atoms with E-state index in [0.717, 1.165) is 32.5 Å². The fraction of sp³-hybridized carbons (Fsp3) is 0.533. The van der Waals surface area contributed by atoms with Gasteiger partial charge >= 0.3 is 6.03 Å². The second kappa shape index (κ2) is 7.34. The summed E-state index contributed by atoms with van der Waals surface area (Å²) in [5.74, 6) is 0.675. The van der Waals surface area contributed by atoms with Gasteiger partial charge in [-0.1, -0.05) is 23.2 Å². The van der Waals surface area contributed by atoms with Crippen LogP contribution in [0.5, 0.6) is 0 Å². The van der Waals surface area contributed by atoms with Crippen molar-refractivity contribution < 1.29 is 4.79 Å². The van der Waals surface area contributed by atoms with E-state index in [0.29, 0.717) is 21.7 Å². The van der Waals surface area contributed by atoms with Crippen LogP contribution >= 0.6 is 23.2 Å². The summed E-state index contributed by atoms with van der Waals surface area (Å²) in [5, 5.41) is 3.80. The highest BCUT2D eigenvalue weighted by Crippen LogP contribution is 2.25. The Morgan fingerprint density at radius 2 is 1.95 bits per heavy atom. The summed E-state index contributed by atoms with van der Waals surface area (Å²) in [5.41, 5.74) is 0.671. The number of nitrogens with one attached hydrogen (secondary N) is 1. The van der Waals surface area contributed by atoms with Crippen molar-refractivity contribution in [3.63, 3.8) is 0 Å². The average molecular weight is 330 g/mol. The van der Waals surface area contributed by atoms with Gasteiger partial charge in [-0.3, -0.25) is 0 Å². The lowest BCUT2D eigenvalue weighted by molar-refractivity contribution is 0.170. The largest absolute Gasteiger partial charge is 0.325 e. The van der Waals surface area contributed by atoms with E-state index in [4.69, 9.17) is 23.2 Å². The molecule has 2 amide bonds. The molecule has 0 bridgehead atoms. The lowest BCUT2D eigenvalue weighted by atomic mass is 9.97. The number of urea groups is 1. The summed E-state index contributed by atoms with van der Waals surface area (Å²) in [6, 6.07) is 5.03. The SMILES string of the molecule is CN(C)CC1CCN(C(=O)Nc2ccc(Cl)c(Cl)c2)CC1. The second-order valence-electron chi connectivity index (χ2n) is 5.75. The van der Waals surface area contributed by atoms with Gasteiger partial charge in [-0.2, -0.15) is 0 Å². The first-order valence-electron chi connectivity index (χ1n) is 7.11. The van der Waals surface area contributed by atoms with Crippen LogP contribution in [0.1, 0.15) is 12.8 Å². The minimum absolute atomic E-state index is 0.0725. The van der Waals surface area contributed by atoms with Crippen molar-refractivity contribution in [3.05, 3.63) is 28.2 Å². The smallest absolute Gasteiger partial charge is 0.321 e. The molecule has 0 spiro atoms. The van der Waals surface area contributed by atoms with Gasteiger partial charge in [-0.25, -0.2) is 4.79 Å². The number of benzene rings is 1. The molecule has 21 heavy (non-hydrogen) atoms. The fourth-order valence-corrected chi connectivity index (χ4v) is 2.91. The summed E-state index contributed by atoms with van der Waals surface area (Å²) in [7, 11) is 4.17. The van der Waals surface area contributed by atoms with Gasteiger partial charge < -0.3 is 15.1 Å². The number of rotatable bonds is 3. The van der Waals surface area contributed by atoms with Crippen molar-refractivity contribution in [2.24, 2.45) is 5.92 Å². The van der Waals surface area contributed by atoms with Crippen molar-refractivity contribution in [1.29, 1.82) is 0 Å². The number of nitrogens with zero attached hydrogens (tertiary/aromatic N) is 2. The molecule has 0 radical (unpaired) electrons. The molecule has 2 rings (SSSR count). The standard InChI is InChI=1S/C15H21Cl2N3O/c1-19(2)10-11-5-7-20(8-6-11)15(21)18-12-3-4-13(16)14(17)9-12/h3-4,9,11H,5-8,10H2,1-2H3,(H,18,21). The molecule has 1 aromatic rings. The maximum Gasteiger partial charge on any atom is 0.321 e. The highest BCUT2D eigenvalue weighted by Gasteiger charge is 2.23. The van der Waals surface area contributed by atoms with E-state index in [9.17, 15) is 4.79 Å². The minimum Gasteiger partial charge on any atom is -0.325 e. The van der Waals surface area contributed by atoms with Crippen molar-refractivity contribution in [1.82, 2.24) is 9.80 Å². The number of hydrogen-bond acceptors (Lipinski definition) is 2. The van der Waals surface area contributed by atoms with Gasteiger partial charge in [0.15, 0.2) is 0 Å². The van der Waals surface area contributed by atoms with E-state index in [2.05, 4.69) is 24.3 Å². The maximum atomic E-state index is 12.2. The molecule has 1 heterocycles. The lowest BCUT2D eigenvalue weighted by Crippen LogP contribution is -2.42. The Labute approximate surface area is 136 Å². The molecule has 0 unspecified atom stereocenters. The third-order valence-corrected chi connectivity index (χ3v) is 4.43. The first kappa shape index (κ1) is 16.4. The van der Waals surface area contributed by atoms with Crippen LogP contribution in [-0.2, 0) is 0 Å². The number of carbonyl (C=O) groups is 1. The van der Waals surface area contributed by atoms with Gasteiger partial charge in [0, 0.05) is 25.3 Å². The molecular weight excluding hydrogens is 309 g/mol. The van der Waals surface area contributed by atoms with Gasteiger partial charge in [-0.05, 0) is 51.1 Å². The molecule has 0 aliphatic carbocycles. The number of anilines is 1. The van der Waals surface area contributed by atoms with Crippen LogP contribution in [-0.4, -0.2) is 49.6 Å². The monoisotopic (exact) mass is 329 g/mol. The van der Waals surface area contributed by atoms with Gasteiger partial charge in [0.25, 0.3) is 0 Å². The molecule has 1 fully saturated rings. The third kappa shape index (κ3) is 4.77. The number of likely N-dealkylation sites (tertiary alicyclic amines) is 1. The van der Waals surface area contributed by atoms with Crippen LogP contribution in [0.4, 0.5) is 10.5 Å². The zero-order chi connectivity index (χ0) is 15.4. The molecule has 0 aromatic heterocycles. The molecule has 4 nitrogen and oxygen atoms in total. The number of carbonyl (C=O) groups excluding carboxylic acids is 1. The zero-order valence-corrected chi connectivity index (χ0v) is 13.9. The van der Waals surface area contributed by atoms with Crippen LogP contribution in [0.25, 0.3) is 0 Å². The number of halogens is 2. The molecule has 1 aliphatic heterocycles. The number of piperidine rings is 1. The van der Waals surface area contributed by atoms with Crippen LogP contribution in [0.15, 0.2) is 18.2 Å². The highest BCUT2D eigenvalue weighted by molar-refractivity contribution is 6.42. The summed E-state index contributed by atoms with van der Waals surface area (Å²) in [4.78, 5) is 16.3. The predicted molar refractivity (Wildman–Crippen MR) is 88.3 cm³/mol. The van der Waals surface area contributed by atoms with Gasteiger partial charge in [0.05, 0.1) is 10.0 Å². The summed E-state index contributed by atoms with van der Waals surface area (Å²) in [6.45, 7) is 2.68. The van der Waals surface area contributed by atoms with E-state index in [-0.39, 0.29) is 6.03 Å². The van der Waals surface area contributed by atoms with Crippen molar-refractivity contribution in [2.45, 2.75) is 12.8 Å². The average Bonchev–Trinajstić information content (AvgIpc) is 2.43. The van der Waals surface area contributed by atoms with Crippen LogP contribution < -0.4 is 5.32 Å². The van der Waals surface area contributed by atoms with Crippen molar-refractivity contribution >= 4 is 34.9 Å². The Morgan fingerprint density at radius 1 is 1.29 bits per heavy atom. The Kier molecular flexibility index (Phi) is 5.73. The van der Waals surface area contributed by atoms with Crippen LogP contribution in [0.3, 0.4) is 0 Å².